The van der Waals surface area contributed by atoms with Crippen molar-refractivity contribution < 1.29 is 11.0 Å². The van der Waals surface area contributed by atoms with Gasteiger partial charge in [-0.3, -0.25) is 0 Å². The molecular weight excluding hydrogens is 653 g/mol. The molecule has 8 aromatic carbocycles. The van der Waals surface area contributed by atoms with Gasteiger partial charge in [-0.2, -0.15) is 0 Å². The van der Waals surface area contributed by atoms with Gasteiger partial charge < -0.3 is 9.80 Å². The lowest BCUT2D eigenvalue weighted by atomic mass is 9.88. The summed E-state index contributed by atoms with van der Waals surface area (Å²) in [7, 11) is 0. The summed E-state index contributed by atoms with van der Waals surface area (Å²) in [5, 5.41) is 0. The van der Waals surface area contributed by atoms with E-state index in [0.29, 0.717) is 22.3 Å². The Bertz CT molecular complexity index is 2730. The van der Waals surface area contributed by atoms with E-state index in [1.807, 2.05) is 97.1 Å². The molecule has 10 rings (SSSR count). The number of hydrogen-bond acceptors (Lipinski definition) is 2. The maximum atomic E-state index is 8.52. The zero-order valence-electron chi connectivity index (χ0n) is 37.4. The zero-order valence-corrected chi connectivity index (χ0v) is 29.4. The Hall–Kier alpha value is -6.64. The third-order valence-electron chi connectivity index (χ3n) is 10.2. The maximum absolute atomic E-state index is 8.52. The molecule has 8 aromatic rings. The minimum atomic E-state index is -2.11. The topological polar surface area (TPSA) is 6.48 Å². The standard InChI is InChI=1S/C52H40N2/c1-3-7-37(8-4-1)39-15-25-47(26-16-39)53(51-33-23-43-11-13-45(43)35-51)49-29-19-41(20-30-49)42-21-31-50(32-22-42)54(52-34-24-44-12-14-46(44)36-52)48-27-17-40(18-28-48)38-9-5-2-6-10-38/h1-10,15-36H,11-14H2/i11D2,12D2,13D2,14D2. The fourth-order valence-corrected chi connectivity index (χ4v) is 7.28. The maximum Gasteiger partial charge on any atom is 0.0464 e. The predicted octanol–water partition coefficient (Wildman–Crippen LogP) is 13.8. The Labute approximate surface area is 329 Å². The Balaban J connectivity index is 0.989. The Kier molecular flexibility index (Phi) is 6.25. The number of nitrogens with zero attached hydrogens (tertiary/aromatic N) is 2. The first-order valence-electron chi connectivity index (χ1n) is 22.2. The van der Waals surface area contributed by atoms with Crippen LogP contribution in [0.2, 0.25) is 0 Å². The van der Waals surface area contributed by atoms with Gasteiger partial charge in [0.2, 0.25) is 0 Å². The first kappa shape index (κ1) is 24.6. The van der Waals surface area contributed by atoms with Crippen molar-refractivity contribution in [2.75, 3.05) is 9.80 Å². The molecule has 2 nitrogen and oxygen atoms in total. The highest BCUT2D eigenvalue weighted by Gasteiger charge is 2.20. The van der Waals surface area contributed by atoms with E-state index in [0.717, 1.165) is 67.5 Å². The summed E-state index contributed by atoms with van der Waals surface area (Å²) in [5.41, 5.74) is 12.7. The van der Waals surface area contributed by atoms with E-state index in [1.54, 1.807) is 24.3 Å². The largest absolute Gasteiger partial charge is 0.310 e. The Morgan fingerprint density at radius 1 is 0.259 bits per heavy atom. The molecule has 0 radical (unpaired) electrons. The molecule has 0 saturated heterocycles. The van der Waals surface area contributed by atoms with Crippen LogP contribution in [0.1, 0.15) is 33.2 Å². The minimum absolute atomic E-state index is 0.354. The van der Waals surface area contributed by atoms with E-state index in [9.17, 15) is 0 Å². The van der Waals surface area contributed by atoms with Crippen LogP contribution in [0.4, 0.5) is 34.1 Å². The van der Waals surface area contributed by atoms with Gasteiger partial charge in [-0.05, 0) is 154 Å². The molecular formula is C52H40N2. The molecule has 258 valence electrons. The SMILES string of the molecule is [2H]C1([2H])c2ccc(N(c3ccc(-c4ccccc4)cc3)c3ccc(-c4ccc(N(c5ccc(-c6ccccc6)cc5)c5ccc6c(c5)C([2H])([2H])C6([2H])[2H])cc4)cc3)cc2C1([2H])[2H]. The summed E-state index contributed by atoms with van der Waals surface area (Å²) in [5.74, 6) is 0. The van der Waals surface area contributed by atoms with Gasteiger partial charge in [-0.25, -0.2) is 0 Å². The van der Waals surface area contributed by atoms with E-state index >= 15 is 0 Å². The number of aryl methyl sites for hydroxylation is 4. The lowest BCUT2D eigenvalue weighted by Crippen LogP contribution is -2.14. The molecule has 0 bridgehead atoms. The lowest BCUT2D eigenvalue weighted by molar-refractivity contribution is 0.839. The summed E-state index contributed by atoms with van der Waals surface area (Å²) >= 11 is 0. The summed E-state index contributed by atoms with van der Waals surface area (Å²) in [6.07, 6.45) is -8.33. The average molecular weight is 701 g/mol. The van der Waals surface area contributed by atoms with Gasteiger partial charge in [-0.15, -0.1) is 0 Å². The molecule has 0 unspecified atom stereocenters. The first-order chi connectivity index (χ1) is 29.8. The molecule has 0 saturated carbocycles. The molecule has 0 heterocycles. The van der Waals surface area contributed by atoms with Gasteiger partial charge in [0.1, 0.15) is 0 Å². The van der Waals surface area contributed by atoms with Gasteiger partial charge in [0.05, 0.1) is 0 Å². The molecule has 54 heavy (non-hydrogen) atoms. The fraction of sp³-hybridized carbons (Fsp3) is 0.0769. The van der Waals surface area contributed by atoms with Crippen LogP contribution in [0, 0.1) is 0 Å². The molecule has 0 N–H and O–H groups in total. The number of hydrogen-bond donors (Lipinski definition) is 0. The van der Waals surface area contributed by atoms with Crippen molar-refractivity contribution in [2.24, 2.45) is 0 Å². The molecule has 0 fully saturated rings. The van der Waals surface area contributed by atoms with Crippen molar-refractivity contribution >= 4 is 34.1 Å². The summed E-state index contributed by atoms with van der Waals surface area (Å²) in [4.78, 5) is 4.13. The van der Waals surface area contributed by atoms with Crippen LogP contribution in [-0.4, -0.2) is 0 Å². The van der Waals surface area contributed by atoms with Crippen LogP contribution in [0.3, 0.4) is 0 Å². The molecule has 0 aromatic heterocycles. The number of fused-ring (bicyclic) bond motifs is 2. The second-order valence-corrected chi connectivity index (χ2v) is 13.6. The van der Waals surface area contributed by atoms with Crippen molar-refractivity contribution in [1.82, 2.24) is 0 Å². The molecule has 2 aliphatic rings. The van der Waals surface area contributed by atoms with Gasteiger partial charge in [0.15, 0.2) is 0 Å². The minimum Gasteiger partial charge on any atom is -0.310 e. The number of benzene rings is 8. The lowest BCUT2D eigenvalue weighted by Gasteiger charge is -2.29. The van der Waals surface area contributed by atoms with Gasteiger partial charge in [-0.1, -0.05) is 121 Å². The van der Waals surface area contributed by atoms with E-state index in [4.69, 9.17) is 11.0 Å². The fourth-order valence-electron chi connectivity index (χ4n) is 7.28. The van der Waals surface area contributed by atoms with E-state index in [1.165, 1.54) is 0 Å². The normalized spacial score (nSPS) is 18.4. The predicted molar refractivity (Wildman–Crippen MR) is 227 cm³/mol. The van der Waals surface area contributed by atoms with Crippen LogP contribution < -0.4 is 9.80 Å². The third-order valence-corrected chi connectivity index (χ3v) is 10.2. The van der Waals surface area contributed by atoms with E-state index in [2.05, 4.69) is 82.6 Å². The van der Waals surface area contributed by atoms with E-state index in [-0.39, 0.29) is 0 Å². The third kappa shape index (κ3) is 6.06. The van der Waals surface area contributed by atoms with Crippen LogP contribution in [0.15, 0.2) is 194 Å². The number of anilines is 6. The van der Waals surface area contributed by atoms with Crippen molar-refractivity contribution in [3.8, 4) is 33.4 Å². The van der Waals surface area contributed by atoms with Crippen LogP contribution in [0.25, 0.3) is 33.4 Å². The first-order valence-corrected chi connectivity index (χ1v) is 18.2. The summed E-state index contributed by atoms with van der Waals surface area (Å²) in [6, 6.07) is 63.8. The second kappa shape index (κ2) is 13.7. The molecule has 0 atom stereocenters. The van der Waals surface area contributed by atoms with Crippen LogP contribution in [-0.2, 0) is 25.5 Å². The molecule has 0 amide bonds. The van der Waals surface area contributed by atoms with Crippen LogP contribution in [0.5, 0.6) is 0 Å². The van der Waals surface area contributed by atoms with Crippen LogP contribution >= 0.6 is 0 Å². The van der Waals surface area contributed by atoms with Gasteiger partial charge >= 0.3 is 0 Å². The van der Waals surface area contributed by atoms with Crippen molar-refractivity contribution in [3.05, 3.63) is 216 Å². The van der Waals surface area contributed by atoms with Gasteiger partial charge in [0, 0.05) is 45.1 Å². The van der Waals surface area contributed by atoms with E-state index < -0.39 is 25.5 Å². The molecule has 2 aliphatic carbocycles. The average Bonchev–Trinajstić information content (AvgIpc) is 3.30. The molecule has 0 aliphatic heterocycles. The van der Waals surface area contributed by atoms with Gasteiger partial charge in [0.25, 0.3) is 0 Å². The molecule has 2 heteroatoms. The summed E-state index contributed by atoms with van der Waals surface area (Å²) in [6.45, 7) is 0. The highest BCUT2D eigenvalue weighted by atomic mass is 15.1. The smallest absolute Gasteiger partial charge is 0.0464 e. The summed E-state index contributed by atoms with van der Waals surface area (Å²) < 4.78 is 67.4. The highest BCUT2D eigenvalue weighted by Crippen LogP contribution is 2.41. The highest BCUT2D eigenvalue weighted by molar-refractivity contribution is 5.83. The Morgan fingerprint density at radius 2 is 0.519 bits per heavy atom. The second-order valence-electron chi connectivity index (χ2n) is 13.6. The Morgan fingerprint density at radius 3 is 0.833 bits per heavy atom. The van der Waals surface area contributed by atoms with Crippen molar-refractivity contribution in [3.63, 3.8) is 0 Å². The molecule has 0 spiro atoms. The van der Waals surface area contributed by atoms with Crippen molar-refractivity contribution in [2.45, 2.75) is 25.5 Å². The quantitative estimate of drug-likeness (QED) is 0.148. The van der Waals surface area contributed by atoms with Crippen molar-refractivity contribution in [1.29, 1.82) is 0 Å². The number of rotatable bonds is 9. The monoisotopic (exact) mass is 700 g/mol. The zero-order chi connectivity index (χ0) is 43.0.